The van der Waals surface area contributed by atoms with E-state index in [9.17, 15) is 14.4 Å². The molecule has 1 saturated heterocycles. The van der Waals surface area contributed by atoms with Gasteiger partial charge in [-0.15, -0.1) is 0 Å². The van der Waals surface area contributed by atoms with Crippen LogP contribution in [0.25, 0.3) is 10.9 Å². The molecule has 3 aromatic rings. The summed E-state index contributed by atoms with van der Waals surface area (Å²) in [5.41, 5.74) is 1.65. The molecule has 0 saturated carbocycles. The summed E-state index contributed by atoms with van der Waals surface area (Å²) in [5.74, 6) is -0.379. The number of fused-ring (bicyclic) bond motifs is 1. The van der Waals surface area contributed by atoms with Gasteiger partial charge in [-0.25, -0.2) is 4.79 Å². The molecule has 0 spiro atoms. The minimum absolute atomic E-state index is 0.218. The van der Waals surface area contributed by atoms with Crippen LogP contribution in [0.3, 0.4) is 0 Å². The Bertz CT molecular complexity index is 1300. The van der Waals surface area contributed by atoms with Crippen molar-refractivity contribution in [3.63, 3.8) is 0 Å². The molecule has 166 valence electrons. The summed E-state index contributed by atoms with van der Waals surface area (Å²) in [7, 11) is 1.60. The minimum Gasteiger partial charge on any atom is -0.447 e. The minimum atomic E-state index is -0.452. The first kappa shape index (κ1) is 21.7. The Balaban J connectivity index is 1.62. The number of nitrogens with zero attached hydrogens (tertiary/aromatic N) is 2. The SMILES string of the molecule is COCCCn1c(=S)[nH]c2cc(C(=O)Nc3ccccc3N3CCOC3=O)ccc2c1=O. The van der Waals surface area contributed by atoms with E-state index in [0.29, 0.717) is 60.6 Å². The second kappa shape index (κ2) is 9.33. The molecule has 1 fully saturated rings. The highest BCUT2D eigenvalue weighted by molar-refractivity contribution is 7.71. The number of aromatic amines is 1. The Kier molecular flexibility index (Phi) is 6.33. The number of nitrogens with one attached hydrogen (secondary N) is 2. The maximum absolute atomic E-state index is 12.9. The topological polar surface area (TPSA) is 106 Å². The average molecular weight is 455 g/mol. The van der Waals surface area contributed by atoms with Crippen molar-refractivity contribution in [3.05, 3.63) is 63.2 Å². The van der Waals surface area contributed by atoms with Crippen LogP contribution in [0, 0.1) is 4.77 Å². The first-order valence-corrected chi connectivity index (χ1v) is 10.5. The molecule has 0 unspecified atom stereocenters. The molecule has 1 aliphatic heterocycles. The second-order valence-corrected chi connectivity index (χ2v) is 7.62. The molecule has 4 rings (SSSR count). The number of rotatable bonds is 7. The van der Waals surface area contributed by atoms with Crippen molar-refractivity contribution in [1.82, 2.24) is 9.55 Å². The third-order valence-electron chi connectivity index (χ3n) is 5.18. The van der Waals surface area contributed by atoms with E-state index in [1.54, 1.807) is 49.6 Å². The van der Waals surface area contributed by atoms with Gasteiger partial charge in [0.15, 0.2) is 4.77 Å². The van der Waals surface area contributed by atoms with E-state index in [-0.39, 0.29) is 16.2 Å². The van der Waals surface area contributed by atoms with Crippen LogP contribution in [0.5, 0.6) is 0 Å². The van der Waals surface area contributed by atoms with E-state index < -0.39 is 6.09 Å². The number of aromatic nitrogens is 2. The summed E-state index contributed by atoms with van der Waals surface area (Å²) in [6.45, 7) is 1.67. The normalized spacial score (nSPS) is 13.4. The number of H-pyrrole nitrogens is 1. The predicted octanol–water partition coefficient (Wildman–Crippen LogP) is 3.30. The molecular weight excluding hydrogens is 432 g/mol. The number of anilines is 2. The van der Waals surface area contributed by atoms with Gasteiger partial charge in [0.2, 0.25) is 0 Å². The standard InChI is InChI=1S/C22H22N4O5S/c1-30-11-4-9-26-20(28)15-8-7-14(13-17(15)24-21(26)32)19(27)23-16-5-2-3-6-18(16)25-10-12-31-22(25)29/h2-3,5-8,13H,4,9-12H2,1H3,(H,23,27)(H,24,32). The molecule has 2 amide bonds. The smallest absolute Gasteiger partial charge is 0.414 e. The van der Waals surface area contributed by atoms with E-state index >= 15 is 0 Å². The largest absolute Gasteiger partial charge is 0.447 e. The van der Waals surface area contributed by atoms with Gasteiger partial charge in [-0.05, 0) is 49.0 Å². The van der Waals surface area contributed by atoms with Gasteiger partial charge in [-0.1, -0.05) is 12.1 Å². The molecule has 9 nitrogen and oxygen atoms in total. The van der Waals surface area contributed by atoms with Crippen LogP contribution in [0.1, 0.15) is 16.8 Å². The summed E-state index contributed by atoms with van der Waals surface area (Å²) >= 11 is 5.34. The molecule has 1 aliphatic rings. The molecule has 1 aromatic heterocycles. The van der Waals surface area contributed by atoms with Crippen LogP contribution >= 0.6 is 12.2 Å². The highest BCUT2D eigenvalue weighted by Crippen LogP contribution is 2.28. The number of hydrogen-bond donors (Lipinski definition) is 2. The highest BCUT2D eigenvalue weighted by Gasteiger charge is 2.26. The van der Waals surface area contributed by atoms with Crippen molar-refractivity contribution in [3.8, 4) is 0 Å². The van der Waals surface area contributed by atoms with Crippen molar-refractivity contribution in [2.75, 3.05) is 37.1 Å². The lowest BCUT2D eigenvalue weighted by Crippen LogP contribution is -2.25. The molecular formula is C22H22N4O5S. The van der Waals surface area contributed by atoms with E-state index in [1.807, 2.05) is 0 Å². The van der Waals surface area contributed by atoms with Gasteiger partial charge < -0.3 is 19.8 Å². The molecule has 2 aromatic carbocycles. The maximum atomic E-state index is 12.9. The zero-order valence-electron chi connectivity index (χ0n) is 17.4. The van der Waals surface area contributed by atoms with E-state index in [4.69, 9.17) is 21.7 Å². The fourth-order valence-electron chi connectivity index (χ4n) is 3.59. The van der Waals surface area contributed by atoms with Crippen LogP contribution < -0.4 is 15.8 Å². The lowest BCUT2D eigenvalue weighted by atomic mass is 10.1. The molecule has 10 heteroatoms. The van der Waals surface area contributed by atoms with Crippen molar-refractivity contribution in [1.29, 1.82) is 0 Å². The van der Waals surface area contributed by atoms with Crippen molar-refractivity contribution in [2.45, 2.75) is 13.0 Å². The quantitative estimate of drug-likeness (QED) is 0.419. The number of benzene rings is 2. The molecule has 0 aliphatic carbocycles. The number of para-hydroxylation sites is 2. The highest BCUT2D eigenvalue weighted by atomic mass is 32.1. The van der Waals surface area contributed by atoms with Gasteiger partial charge in [0.05, 0.1) is 28.8 Å². The Morgan fingerprint density at radius 2 is 2.06 bits per heavy atom. The van der Waals surface area contributed by atoms with Crippen LogP contribution in [0.2, 0.25) is 0 Å². The third-order valence-corrected chi connectivity index (χ3v) is 5.50. The predicted molar refractivity (Wildman–Crippen MR) is 123 cm³/mol. The zero-order valence-corrected chi connectivity index (χ0v) is 18.2. The van der Waals surface area contributed by atoms with E-state index in [0.717, 1.165) is 0 Å². The number of amides is 2. The fraction of sp³-hybridized carbons (Fsp3) is 0.273. The molecule has 2 heterocycles. The maximum Gasteiger partial charge on any atom is 0.414 e. The molecule has 0 atom stereocenters. The first-order valence-electron chi connectivity index (χ1n) is 10.1. The number of hydrogen-bond acceptors (Lipinski definition) is 6. The Hall–Kier alpha value is -3.50. The van der Waals surface area contributed by atoms with Crippen LogP contribution in [-0.2, 0) is 16.0 Å². The average Bonchev–Trinajstić information content (AvgIpc) is 3.21. The van der Waals surface area contributed by atoms with Crippen LogP contribution in [0.4, 0.5) is 16.2 Å². The fourth-order valence-corrected chi connectivity index (χ4v) is 3.87. The molecule has 2 N–H and O–H groups in total. The van der Waals surface area contributed by atoms with Crippen LogP contribution in [0.15, 0.2) is 47.3 Å². The van der Waals surface area contributed by atoms with E-state index in [2.05, 4.69) is 10.3 Å². The summed E-state index contributed by atoms with van der Waals surface area (Å²) in [6, 6.07) is 11.8. The Morgan fingerprint density at radius 1 is 1.25 bits per heavy atom. The monoisotopic (exact) mass is 454 g/mol. The second-order valence-electron chi connectivity index (χ2n) is 7.23. The summed E-state index contributed by atoms with van der Waals surface area (Å²) < 4.78 is 11.8. The van der Waals surface area contributed by atoms with Crippen molar-refractivity contribution >= 4 is 46.5 Å². The van der Waals surface area contributed by atoms with Gasteiger partial charge in [0.25, 0.3) is 11.5 Å². The Morgan fingerprint density at radius 3 is 2.81 bits per heavy atom. The first-order chi connectivity index (χ1) is 15.5. The van der Waals surface area contributed by atoms with Crippen LogP contribution in [-0.4, -0.2) is 48.4 Å². The number of carbonyl (C=O) groups excluding carboxylic acids is 2. The lowest BCUT2D eigenvalue weighted by Gasteiger charge is -2.17. The third kappa shape index (κ3) is 4.27. The van der Waals surface area contributed by atoms with Gasteiger partial charge >= 0.3 is 6.09 Å². The number of methoxy groups -OCH3 is 1. The molecule has 32 heavy (non-hydrogen) atoms. The lowest BCUT2D eigenvalue weighted by molar-refractivity contribution is 0.102. The number of ether oxygens (including phenoxy) is 2. The summed E-state index contributed by atoms with van der Waals surface area (Å²) in [5, 5.41) is 3.28. The van der Waals surface area contributed by atoms with Gasteiger partial charge in [-0.3, -0.25) is 19.1 Å². The Labute approximate surface area is 188 Å². The van der Waals surface area contributed by atoms with Crippen molar-refractivity contribution in [2.24, 2.45) is 0 Å². The molecule has 0 bridgehead atoms. The summed E-state index contributed by atoms with van der Waals surface area (Å²) in [6.07, 6.45) is 0.205. The van der Waals surface area contributed by atoms with Gasteiger partial charge in [0, 0.05) is 25.8 Å². The molecule has 0 radical (unpaired) electrons. The van der Waals surface area contributed by atoms with Gasteiger partial charge in [0.1, 0.15) is 6.61 Å². The van der Waals surface area contributed by atoms with Crippen molar-refractivity contribution < 1.29 is 19.1 Å². The van der Waals surface area contributed by atoms with Gasteiger partial charge in [-0.2, -0.15) is 0 Å². The zero-order chi connectivity index (χ0) is 22.7. The van der Waals surface area contributed by atoms with E-state index in [1.165, 1.54) is 9.47 Å². The number of carbonyl (C=O) groups is 2. The summed E-state index contributed by atoms with van der Waals surface area (Å²) in [4.78, 5) is 42.2. The number of cyclic esters (lactones) is 1.